The van der Waals surface area contributed by atoms with Crippen molar-refractivity contribution in [2.24, 2.45) is 5.92 Å². The Labute approximate surface area is 114 Å². The highest BCUT2D eigenvalue weighted by atomic mass is 32.2. The molecule has 1 heterocycles. The molecule has 1 N–H and O–H groups in total. The molecule has 5 nitrogen and oxygen atoms in total. The van der Waals surface area contributed by atoms with E-state index in [1.54, 1.807) is 0 Å². The summed E-state index contributed by atoms with van der Waals surface area (Å²) in [6.07, 6.45) is 5.18. The molecule has 0 bridgehead atoms. The Morgan fingerprint density at radius 1 is 1.39 bits per heavy atom. The van der Waals surface area contributed by atoms with Gasteiger partial charge in [0, 0.05) is 12.6 Å². The quantitative estimate of drug-likeness (QED) is 0.774. The van der Waals surface area contributed by atoms with Crippen LogP contribution in [0.25, 0.3) is 0 Å². The van der Waals surface area contributed by atoms with Crippen LogP contribution in [0.2, 0.25) is 0 Å². The first kappa shape index (κ1) is 12.2. The van der Waals surface area contributed by atoms with Crippen LogP contribution in [0.3, 0.4) is 0 Å². The first-order chi connectivity index (χ1) is 8.72. The number of thioether (sulfide) groups is 1. The minimum absolute atomic E-state index is 0.0562. The number of aromatic nitrogens is 2. The van der Waals surface area contributed by atoms with E-state index in [1.807, 2.05) is 0 Å². The van der Waals surface area contributed by atoms with E-state index in [-0.39, 0.29) is 5.75 Å². The van der Waals surface area contributed by atoms with Crippen LogP contribution in [0.1, 0.15) is 25.7 Å². The van der Waals surface area contributed by atoms with Gasteiger partial charge in [0.2, 0.25) is 5.13 Å². The summed E-state index contributed by atoms with van der Waals surface area (Å²) in [4.78, 5) is 12.9. The van der Waals surface area contributed by atoms with E-state index in [0.29, 0.717) is 6.04 Å². The summed E-state index contributed by atoms with van der Waals surface area (Å²) >= 11 is 2.78. The maximum absolute atomic E-state index is 10.5. The monoisotopic (exact) mass is 285 g/mol. The molecule has 18 heavy (non-hydrogen) atoms. The summed E-state index contributed by atoms with van der Waals surface area (Å²) in [6.45, 7) is 1.10. The van der Waals surface area contributed by atoms with Crippen LogP contribution in [0, 0.1) is 5.92 Å². The number of hydrogen-bond acceptors (Lipinski definition) is 6. The zero-order valence-electron chi connectivity index (χ0n) is 9.91. The van der Waals surface area contributed by atoms with Crippen LogP contribution < -0.4 is 4.90 Å². The third kappa shape index (κ3) is 3.14. The zero-order chi connectivity index (χ0) is 12.5. The van der Waals surface area contributed by atoms with Crippen molar-refractivity contribution in [2.75, 3.05) is 17.2 Å². The second-order valence-corrected chi connectivity index (χ2v) is 7.04. The first-order valence-corrected chi connectivity index (χ1v) is 7.97. The van der Waals surface area contributed by atoms with Gasteiger partial charge in [-0.2, -0.15) is 0 Å². The minimum Gasteiger partial charge on any atom is -0.481 e. The van der Waals surface area contributed by atoms with Crippen LogP contribution in [0.4, 0.5) is 5.13 Å². The van der Waals surface area contributed by atoms with Crippen molar-refractivity contribution in [3.8, 4) is 0 Å². The van der Waals surface area contributed by atoms with Gasteiger partial charge in [-0.1, -0.05) is 23.1 Å². The van der Waals surface area contributed by atoms with Gasteiger partial charge < -0.3 is 10.0 Å². The lowest BCUT2D eigenvalue weighted by atomic mass is 10.4. The minimum atomic E-state index is -0.811. The standard InChI is InChI=1S/C11H15N3O2S2/c15-9(16)6-17-11-13-12-10(18-11)14(8-3-4-8)5-7-1-2-7/h7-8H,1-6H2,(H,15,16). The number of carboxylic acids is 1. The van der Waals surface area contributed by atoms with Crippen molar-refractivity contribution in [3.05, 3.63) is 0 Å². The van der Waals surface area contributed by atoms with Gasteiger partial charge in [-0.3, -0.25) is 4.79 Å². The normalized spacial score (nSPS) is 18.9. The van der Waals surface area contributed by atoms with E-state index >= 15 is 0 Å². The molecule has 0 radical (unpaired) electrons. The van der Waals surface area contributed by atoms with Crippen LogP contribution in [0.5, 0.6) is 0 Å². The number of aliphatic carboxylic acids is 1. The summed E-state index contributed by atoms with van der Waals surface area (Å²) in [5, 5.41) is 17.9. The molecule has 98 valence electrons. The molecule has 1 aromatic rings. The fourth-order valence-electron chi connectivity index (χ4n) is 1.85. The van der Waals surface area contributed by atoms with Gasteiger partial charge in [0.05, 0.1) is 5.75 Å². The average Bonchev–Trinajstić information content (AvgIpc) is 3.23. The van der Waals surface area contributed by atoms with E-state index in [1.165, 1.54) is 48.8 Å². The molecule has 0 spiro atoms. The number of hydrogen-bond donors (Lipinski definition) is 1. The van der Waals surface area contributed by atoms with Crippen LogP contribution in [0.15, 0.2) is 4.34 Å². The lowest BCUT2D eigenvalue weighted by molar-refractivity contribution is -0.133. The molecule has 0 aliphatic heterocycles. The summed E-state index contributed by atoms with van der Waals surface area (Å²) in [7, 11) is 0. The van der Waals surface area contributed by atoms with Gasteiger partial charge in [0.25, 0.3) is 0 Å². The molecular formula is C11H15N3O2S2. The second-order valence-electron chi connectivity index (χ2n) is 4.86. The van der Waals surface area contributed by atoms with E-state index < -0.39 is 5.97 Å². The van der Waals surface area contributed by atoms with E-state index in [9.17, 15) is 4.79 Å². The molecule has 0 atom stereocenters. The molecule has 3 rings (SSSR count). The van der Waals surface area contributed by atoms with Crippen molar-refractivity contribution >= 4 is 34.2 Å². The van der Waals surface area contributed by atoms with E-state index in [4.69, 9.17) is 5.11 Å². The lowest BCUT2D eigenvalue weighted by Crippen LogP contribution is -2.27. The average molecular weight is 285 g/mol. The number of rotatable bonds is 7. The topological polar surface area (TPSA) is 66.3 Å². The summed E-state index contributed by atoms with van der Waals surface area (Å²) < 4.78 is 0.758. The van der Waals surface area contributed by atoms with Crippen LogP contribution >= 0.6 is 23.1 Å². The Morgan fingerprint density at radius 3 is 2.78 bits per heavy atom. The third-order valence-corrected chi connectivity index (χ3v) is 5.18. The maximum Gasteiger partial charge on any atom is 0.313 e. The van der Waals surface area contributed by atoms with Crippen molar-refractivity contribution in [1.29, 1.82) is 0 Å². The van der Waals surface area contributed by atoms with Gasteiger partial charge in [-0.05, 0) is 31.6 Å². The van der Waals surface area contributed by atoms with Gasteiger partial charge in [0.15, 0.2) is 4.34 Å². The van der Waals surface area contributed by atoms with Crippen molar-refractivity contribution < 1.29 is 9.90 Å². The molecule has 0 saturated heterocycles. The SMILES string of the molecule is O=C(O)CSc1nnc(N(CC2CC2)C2CC2)s1. The number of carboxylic acid groups (broad SMARTS) is 1. The smallest absolute Gasteiger partial charge is 0.313 e. The molecule has 7 heteroatoms. The van der Waals surface area contributed by atoms with Crippen LogP contribution in [-0.4, -0.2) is 39.6 Å². The highest BCUT2D eigenvalue weighted by Gasteiger charge is 2.35. The molecule has 0 unspecified atom stereocenters. The Hall–Kier alpha value is -0.820. The predicted octanol–water partition coefficient (Wildman–Crippen LogP) is 2.09. The fourth-order valence-corrected chi connectivity index (χ4v) is 3.49. The van der Waals surface area contributed by atoms with Crippen LogP contribution in [-0.2, 0) is 4.79 Å². The van der Waals surface area contributed by atoms with Crippen molar-refractivity contribution in [1.82, 2.24) is 10.2 Å². The van der Waals surface area contributed by atoms with E-state index in [0.717, 1.165) is 21.9 Å². The summed E-state index contributed by atoms with van der Waals surface area (Å²) in [5.74, 6) is 0.0825. The summed E-state index contributed by atoms with van der Waals surface area (Å²) in [6, 6.07) is 0.649. The van der Waals surface area contributed by atoms with Gasteiger partial charge >= 0.3 is 5.97 Å². The molecule has 2 fully saturated rings. The highest BCUT2D eigenvalue weighted by Crippen LogP contribution is 2.39. The number of carbonyl (C=O) groups is 1. The Kier molecular flexibility index (Phi) is 3.43. The van der Waals surface area contributed by atoms with Gasteiger partial charge in [0.1, 0.15) is 0 Å². The maximum atomic E-state index is 10.5. The third-order valence-electron chi connectivity index (χ3n) is 3.10. The van der Waals surface area contributed by atoms with Gasteiger partial charge in [-0.15, -0.1) is 10.2 Å². The largest absolute Gasteiger partial charge is 0.481 e. The molecule has 2 saturated carbocycles. The molecular weight excluding hydrogens is 270 g/mol. The van der Waals surface area contributed by atoms with Crippen molar-refractivity contribution in [3.63, 3.8) is 0 Å². The Bertz CT molecular complexity index is 443. The Balaban J connectivity index is 1.63. The van der Waals surface area contributed by atoms with Gasteiger partial charge in [-0.25, -0.2) is 0 Å². The lowest BCUT2D eigenvalue weighted by Gasteiger charge is -2.20. The van der Waals surface area contributed by atoms with Crippen molar-refractivity contribution in [2.45, 2.75) is 36.1 Å². The van der Waals surface area contributed by atoms with E-state index in [2.05, 4.69) is 15.1 Å². The summed E-state index contributed by atoms with van der Waals surface area (Å²) in [5.41, 5.74) is 0. The molecule has 2 aliphatic rings. The molecule has 0 amide bonds. The fraction of sp³-hybridized carbons (Fsp3) is 0.727. The molecule has 0 aromatic carbocycles. The second kappa shape index (κ2) is 5.05. The highest BCUT2D eigenvalue weighted by molar-refractivity contribution is 8.01. The Morgan fingerprint density at radius 2 is 2.17 bits per heavy atom. The zero-order valence-corrected chi connectivity index (χ0v) is 11.5. The molecule has 1 aromatic heterocycles. The molecule has 2 aliphatic carbocycles. The predicted molar refractivity (Wildman–Crippen MR) is 71.4 cm³/mol. The number of nitrogens with zero attached hydrogens (tertiary/aromatic N) is 3. The first-order valence-electron chi connectivity index (χ1n) is 6.17. The number of anilines is 1.